The Morgan fingerprint density at radius 3 is 2.13 bits per heavy atom. The number of aryl methyl sites for hydroxylation is 1. The third-order valence-electron chi connectivity index (χ3n) is 9.17. The van der Waals surface area contributed by atoms with Crippen molar-refractivity contribution in [2.24, 2.45) is 0 Å². The highest BCUT2D eigenvalue weighted by atomic mass is 16.6. The summed E-state index contributed by atoms with van der Waals surface area (Å²) in [6.07, 6.45) is 21.9. The number of rotatable bonds is 21. The molecule has 8 nitrogen and oxygen atoms in total. The van der Waals surface area contributed by atoms with Gasteiger partial charge in [0.2, 0.25) is 0 Å². The highest BCUT2D eigenvalue weighted by molar-refractivity contribution is 5.73. The number of epoxide rings is 1. The molecule has 1 aromatic rings. The Labute approximate surface area is 334 Å². The van der Waals surface area contributed by atoms with Crippen molar-refractivity contribution in [3.63, 3.8) is 0 Å². The molecule has 1 fully saturated rings. The van der Waals surface area contributed by atoms with E-state index >= 15 is 0 Å². The molecule has 0 aromatic heterocycles. The van der Waals surface area contributed by atoms with E-state index in [0.717, 1.165) is 60.8 Å². The molecule has 55 heavy (non-hydrogen) atoms. The molecule has 3 N–H and O–H groups in total. The Bertz CT molecular complexity index is 1440. The average molecular weight is 767 g/mol. The molecule has 1 heterocycles. The van der Waals surface area contributed by atoms with Crippen LogP contribution in [0.2, 0.25) is 0 Å². The predicted molar refractivity (Wildman–Crippen MR) is 232 cm³/mol. The summed E-state index contributed by atoms with van der Waals surface area (Å²) in [4.78, 5) is 8.00. The number of aliphatic hydroxyl groups is 2. The lowest BCUT2D eigenvalue weighted by molar-refractivity contribution is -0.0980. The SMILES string of the molecule is C/C=C\C(C)=C/O.C=C.C=Cc1c(O)cc(C)c(/C=C\OC(CC/C(C)=C/CO/C(=C/CC)CC)[C@](C)(O)CC)c1OC/C=C(\C)CCC1OC1(C)C.C=O. The normalized spacial score (nSPS) is 17.1. The molecule has 0 spiro atoms. The molecule has 0 radical (unpaired) electrons. The van der Waals surface area contributed by atoms with Gasteiger partial charge >= 0.3 is 0 Å². The van der Waals surface area contributed by atoms with Crippen molar-refractivity contribution in [2.75, 3.05) is 13.2 Å². The quantitative estimate of drug-likeness (QED) is 0.0490. The van der Waals surface area contributed by atoms with E-state index in [0.29, 0.717) is 43.5 Å². The molecule has 2 rings (SSSR count). The van der Waals surface area contributed by atoms with Crippen molar-refractivity contribution in [1.29, 1.82) is 0 Å². The number of phenolic OH excluding ortho intramolecular Hbond substituents is 1. The van der Waals surface area contributed by atoms with Gasteiger partial charge in [0.15, 0.2) is 0 Å². The number of allylic oxidation sites excluding steroid dienone is 7. The van der Waals surface area contributed by atoms with Crippen molar-refractivity contribution in [1.82, 2.24) is 0 Å². The van der Waals surface area contributed by atoms with Crippen LogP contribution in [0.3, 0.4) is 0 Å². The zero-order valence-corrected chi connectivity index (χ0v) is 36.0. The third-order valence-corrected chi connectivity index (χ3v) is 9.17. The number of carbonyl (C=O) groups excluding carboxylic acids is 1. The number of hydrogen-bond acceptors (Lipinski definition) is 8. The molecule has 3 atom stereocenters. The van der Waals surface area contributed by atoms with Gasteiger partial charge in [0.1, 0.15) is 37.6 Å². The Kier molecular flexibility index (Phi) is 27.9. The standard InChI is InChI=1S/C38H58O6.C6H10O.C2H4.CH2O/c1-11-15-30(12-2)41-23-20-28(6)17-19-35(38(10,40)14-4)42-25-22-32-29(7)26-33(39)31(13-3)36(32)43-24-21-27(5)16-18-34-37(8,9)44-34;1-3-4-6(2)5-7;2*1-2/h13,15,20-22,25-26,34-35,39-40H,3,11-12,14,16-19,23-24H2,1-2,4-10H3;3-5,7H,1-2H3;1-2H2;1H2/b25-22-,27-21+,28-20+,30-15+;4-3-,6-5-;;/t34?,35?,38-;;;/m1.../s1. The molecule has 0 aliphatic carbocycles. The van der Waals surface area contributed by atoms with E-state index in [-0.39, 0.29) is 11.4 Å². The van der Waals surface area contributed by atoms with Gasteiger partial charge in [0.25, 0.3) is 0 Å². The highest BCUT2D eigenvalue weighted by Crippen LogP contribution is 2.39. The van der Waals surface area contributed by atoms with Crippen molar-refractivity contribution >= 4 is 18.9 Å². The van der Waals surface area contributed by atoms with E-state index in [1.165, 1.54) is 11.1 Å². The number of aliphatic hydroxyl groups excluding tert-OH is 1. The summed E-state index contributed by atoms with van der Waals surface area (Å²) >= 11 is 0. The monoisotopic (exact) mass is 767 g/mol. The Hall–Kier alpha value is -4.27. The molecular weight excluding hydrogens is 693 g/mol. The molecule has 1 aliphatic rings. The van der Waals surface area contributed by atoms with Gasteiger partial charge in [-0.05, 0) is 135 Å². The van der Waals surface area contributed by atoms with Gasteiger partial charge in [-0.3, -0.25) is 0 Å². The van der Waals surface area contributed by atoms with Crippen LogP contribution in [-0.4, -0.2) is 58.7 Å². The molecule has 1 aliphatic heterocycles. The maximum Gasteiger partial charge on any atom is 0.138 e. The van der Waals surface area contributed by atoms with Crippen LogP contribution in [0.15, 0.2) is 91.2 Å². The highest BCUT2D eigenvalue weighted by Gasteiger charge is 2.46. The minimum Gasteiger partial charge on any atom is -0.515 e. The second-order valence-electron chi connectivity index (χ2n) is 14.0. The van der Waals surface area contributed by atoms with Crippen LogP contribution in [0.25, 0.3) is 12.2 Å². The Morgan fingerprint density at radius 1 is 1.04 bits per heavy atom. The van der Waals surface area contributed by atoms with Crippen LogP contribution in [0.1, 0.15) is 131 Å². The van der Waals surface area contributed by atoms with E-state index in [4.69, 9.17) is 28.8 Å². The number of ether oxygens (including phenoxy) is 4. The minimum absolute atomic E-state index is 0.00333. The fourth-order valence-corrected chi connectivity index (χ4v) is 5.37. The summed E-state index contributed by atoms with van der Waals surface area (Å²) in [6.45, 7) is 34.9. The number of hydrogen-bond donors (Lipinski definition) is 3. The summed E-state index contributed by atoms with van der Waals surface area (Å²) in [5.74, 6) is 1.69. The molecule has 1 saturated heterocycles. The summed E-state index contributed by atoms with van der Waals surface area (Å²) in [7, 11) is 0. The first-order chi connectivity index (χ1) is 26.1. The second-order valence-corrected chi connectivity index (χ2v) is 14.0. The van der Waals surface area contributed by atoms with Crippen molar-refractivity contribution in [3.8, 4) is 11.5 Å². The van der Waals surface area contributed by atoms with Gasteiger partial charge in [0.05, 0.1) is 41.2 Å². The van der Waals surface area contributed by atoms with Gasteiger partial charge in [0, 0.05) is 12.0 Å². The van der Waals surface area contributed by atoms with Crippen LogP contribution < -0.4 is 4.74 Å². The van der Waals surface area contributed by atoms with Crippen molar-refractivity contribution in [2.45, 2.75) is 145 Å². The molecule has 1 aromatic carbocycles. The molecule has 0 bridgehead atoms. The summed E-state index contributed by atoms with van der Waals surface area (Å²) < 4.78 is 24.0. The van der Waals surface area contributed by atoms with Crippen LogP contribution in [0.4, 0.5) is 0 Å². The predicted octanol–water partition coefficient (Wildman–Crippen LogP) is 12.2. The minimum atomic E-state index is -1.00. The lowest BCUT2D eigenvalue weighted by Gasteiger charge is -2.31. The van der Waals surface area contributed by atoms with Gasteiger partial charge in [-0.25, -0.2) is 0 Å². The Morgan fingerprint density at radius 2 is 1.64 bits per heavy atom. The maximum absolute atomic E-state index is 11.1. The third kappa shape index (κ3) is 20.8. The lowest BCUT2D eigenvalue weighted by Crippen LogP contribution is -2.39. The first-order valence-electron chi connectivity index (χ1n) is 19.3. The van der Waals surface area contributed by atoms with Crippen molar-refractivity contribution < 1.29 is 39.1 Å². The molecule has 310 valence electrons. The molecule has 8 heteroatoms. The summed E-state index contributed by atoms with van der Waals surface area (Å²) in [5.41, 5.74) is 4.48. The van der Waals surface area contributed by atoms with Crippen LogP contribution >= 0.6 is 0 Å². The molecule has 2 unspecified atom stereocenters. The molecule has 0 amide bonds. The van der Waals surface area contributed by atoms with Gasteiger partial charge in [-0.2, -0.15) is 0 Å². The Balaban J connectivity index is 0. The van der Waals surface area contributed by atoms with E-state index in [1.807, 2.05) is 59.6 Å². The van der Waals surface area contributed by atoms with E-state index in [1.54, 1.807) is 18.4 Å². The number of benzene rings is 1. The largest absolute Gasteiger partial charge is 0.515 e. The van der Waals surface area contributed by atoms with Gasteiger partial charge in [-0.15, -0.1) is 13.2 Å². The van der Waals surface area contributed by atoms with Gasteiger partial charge < -0.3 is 39.1 Å². The summed E-state index contributed by atoms with van der Waals surface area (Å²) in [6, 6.07) is 1.71. The second kappa shape index (κ2) is 29.1. The van der Waals surface area contributed by atoms with E-state index in [2.05, 4.69) is 79.5 Å². The first-order valence-corrected chi connectivity index (χ1v) is 19.3. The van der Waals surface area contributed by atoms with Crippen LogP contribution in [0, 0.1) is 6.92 Å². The average Bonchev–Trinajstić information content (AvgIpc) is 3.79. The smallest absolute Gasteiger partial charge is 0.138 e. The van der Waals surface area contributed by atoms with Crippen molar-refractivity contribution in [3.05, 3.63) is 108 Å². The topological polar surface area (TPSA) is 118 Å². The first kappa shape index (κ1) is 52.8. The molecule has 0 saturated carbocycles. The number of carbonyl (C=O) groups is 1. The summed E-state index contributed by atoms with van der Waals surface area (Å²) in [5, 5.41) is 30.0. The number of aromatic hydroxyl groups is 1. The zero-order valence-electron chi connectivity index (χ0n) is 36.0. The fraction of sp³-hybridized carbons (Fsp3) is 0.511. The number of phenols is 1. The van der Waals surface area contributed by atoms with Crippen LogP contribution in [0.5, 0.6) is 11.5 Å². The molecular formula is C47H74O8. The zero-order chi connectivity index (χ0) is 42.6. The van der Waals surface area contributed by atoms with Gasteiger partial charge in [-0.1, -0.05) is 56.7 Å². The lowest BCUT2D eigenvalue weighted by atomic mass is 9.91. The van der Waals surface area contributed by atoms with E-state index in [9.17, 15) is 10.2 Å². The fourth-order valence-electron chi connectivity index (χ4n) is 5.37. The maximum atomic E-state index is 11.1. The van der Waals surface area contributed by atoms with E-state index < -0.39 is 11.7 Å². The van der Waals surface area contributed by atoms with Crippen LogP contribution in [-0.2, 0) is 19.0 Å².